The van der Waals surface area contributed by atoms with Gasteiger partial charge in [-0.1, -0.05) is 11.6 Å². The van der Waals surface area contributed by atoms with E-state index in [1.807, 2.05) is 4.90 Å². The van der Waals surface area contributed by atoms with Crippen molar-refractivity contribution < 1.29 is 19.1 Å². The van der Waals surface area contributed by atoms with Crippen molar-refractivity contribution in [1.29, 1.82) is 0 Å². The van der Waals surface area contributed by atoms with E-state index in [9.17, 15) is 9.59 Å². The summed E-state index contributed by atoms with van der Waals surface area (Å²) < 4.78 is 10.7. The zero-order valence-electron chi connectivity index (χ0n) is 15.5. The molecule has 3 aliphatic rings. The minimum atomic E-state index is -0.0675. The largest absolute Gasteiger partial charge is 0.454 e. The van der Waals surface area contributed by atoms with Gasteiger partial charge in [-0.2, -0.15) is 0 Å². The highest BCUT2D eigenvalue weighted by Crippen LogP contribution is 2.40. The molecule has 3 aliphatic heterocycles. The molecule has 2 fully saturated rings. The SMILES string of the molecule is Cl.O=C(NCC1CCCN(C(=O)c2cc(Cl)c3c(c2)OCO3)C1)C1CCCN1. The minimum Gasteiger partial charge on any atom is -0.454 e. The van der Waals surface area contributed by atoms with Crippen molar-refractivity contribution in [3.05, 3.63) is 22.7 Å². The molecule has 0 saturated carbocycles. The van der Waals surface area contributed by atoms with Gasteiger partial charge in [-0.3, -0.25) is 9.59 Å². The Kier molecular flexibility index (Phi) is 6.91. The molecule has 2 N–H and O–H groups in total. The van der Waals surface area contributed by atoms with E-state index in [4.69, 9.17) is 21.1 Å². The smallest absolute Gasteiger partial charge is 0.254 e. The van der Waals surface area contributed by atoms with E-state index in [1.165, 1.54) is 0 Å². The lowest BCUT2D eigenvalue weighted by molar-refractivity contribution is -0.123. The highest BCUT2D eigenvalue weighted by atomic mass is 35.5. The van der Waals surface area contributed by atoms with Gasteiger partial charge in [0.05, 0.1) is 11.1 Å². The number of rotatable bonds is 4. The maximum Gasteiger partial charge on any atom is 0.254 e. The molecule has 2 amide bonds. The van der Waals surface area contributed by atoms with Gasteiger partial charge in [0.15, 0.2) is 11.5 Å². The molecule has 2 unspecified atom stereocenters. The Labute approximate surface area is 175 Å². The van der Waals surface area contributed by atoms with E-state index in [0.717, 1.165) is 32.2 Å². The summed E-state index contributed by atoms with van der Waals surface area (Å²) in [4.78, 5) is 26.9. The van der Waals surface area contributed by atoms with E-state index >= 15 is 0 Å². The van der Waals surface area contributed by atoms with Crippen LogP contribution in [0.25, 0.3) is 0 Å². The molecule has 154 valence electrons. The van der Waals surface area contributed by atoms with Crippen molar-refractivity contribution >= 4 is 35.8 Å². The quantitative estimate of drug-likeness (QED) is 0.766. The second-order valence-corrected chi connectivity index (χ2v) is 7.75. The monoisotopic (exact) mass is 429 g/mol. The Morgan fingerprint density at radius 1 is 1.25 bits per heavy atom. The molecular formula is C19H25Cl2N3O4. The van der Waals surface area contributed by atoms with Gasteiger partial charge in [0.1, 0.15) is 0 Å². The Morgan fingerprint density at radius 2 is 2.11 bits per heavy atom. The molecule has 0 aliphatic carbocycles. The van der Waals surface area contributed by atoms with Crippen molar-refractivity contribution in [2.24, 2.45) is 5.92 Å². The normalized spacial score (nSPS) is 23.2. The van der Waals surface area contributed by atoms with Crippen molar-refractivity contribution in [1.82, 2.24) is 15.5 Å². The molecule has 0 radical (unpaired) electrons. The van der Waals surface area contributed by atoms with E-state index in [-0.39, 0.29) is 43.0 Å². The number of amides is 2. The lowest BCUT2D eigenvalue weighted by atomic mass is 9.97. The number of carbonyl (C=O) groups is 2. The summed E-state index contributed by atoms with van der Waals surface area (Å²) in [5.41, 5.74) is 0.504. The number of ether oxygens (including phenoxy) is 2. The second-order valence-electron chi connectivity index (χ2n) is 7.35. The topological polar surface area (TPSA) is 79.9 Å². The summed E-state index contributed by atoms with van der Waals surface area (Å²) in [6.45, 7) is 2.96. The minimum absolute atomic E-state index is 0. The third kappa shape index (κ3) is 4.47. The van der Waals surface area contributed by atoms with Gasteiger partial charge in [0.2, 0.25) is 12.7 Å². The molecule has 0 aromatic heterocycles. The van der Waals surface area contributed by atoms with Crippen LogP contribution in [0.3, 0.4) is 0 Å². The number of nitrogens with one attached hydrogen (secondary N) is 2. The van der Waals surface area contributed by atoms with E-state index in [0.29, 0.717) is 41.7 Å². The van der Waals surface area contributed by atoms with Gasteiger partial charge < -0.3 is 25.0 Å². The fraction of sp³-hybridized carbons (Fsp3) is 0.579. The lowest BCUT2D eigenvalue weighted by Crippen LogP contribution is -2.46. The number of piperidine rings is 1. The van der Waals surface area contributed by atoms with Crippen LogP contribution in [0, 0.1) is 5.92 Å². The predicted octanol–water partition coefficient (Wildman–Crippen LogP) is 2.21. The summed E-state index contributed by atoms with van der Waals surface area (Å²) in [5, 5.41) is 6.63. The molecule has 3 heterocycles. The number of hydrogen-bond acceptors (Lipinski definition) is 5. The van der Waals surface area contributed by atoms with E-state index in [2.05, 4.69) is 10.6 Å². The van der Waals surface area contributed by atoms with Gasteiger partial charge in [0, 0.05) is 25.2 Å². The summed E-state index contributed by atoms with van der Waals surface area (Å²) in [6.07, 6.45) is 3.87. The highest BCUT2D eigenvalue weighted by molar-refractivity contribution is 6.32. The van der Waals surface area contributed by atoms with Crippen LogP contribution < -0.4 is 20.1 Å². The zero-order valence-corrected chi connectivity index (χ0v) is 17.1. The first kappa shape index (κ1) is 21.0. The standard InChI is InChI=1S/C19H24ClN3O4.ClH/c20-14-7-13(8-16-17(14)27-11-26-16)19(25)23-6-2-3-12(10-23)9-22-18(24)15-4-1-5-21-15;/h7-8,12,15,21H,1-6,9-11H2,(H,22,24);1H. The van der Waals surface area contributed by atoms with Gasteiger partial charge in [-0.05, 0) is 50.3 Å². The predicted molar refractivity (Wildman–Crippen MR) is 107 cm³/mol. The second kappa shape index (κ2) is 9.20. The number of likely N-dealkylation sites (tertiary alicyclic amines) is 1. The third-order valence-electron chi connectivity index (χ3n) is 5.42. The van der Waals surface area contributed by atoms with Crippen molar-refractivity contribution in [2.45, 2.75) is 31.7 Å². The molecule has 28 heavy (non-hydrogen) atoms. The number of carbonyl (C=O) groups excluding carboxylic acids is 2. The number of halogens is 2. The maximum atomic E-state index is 12.9. The Morgan fingerprint density at radius 3 is 2.89 bits per heavy atom. The number of fused-ring (bicyclic) bond motifs is 1. The molecule has 2 atom stereocenters. The van der Waals surface area contributed by atoms with E-state index in [1.54, 1.807) is 12.1 Å². The van der Waals surface area contributed by atoms with Gasteiger partial charge in [-0.15, -0.1) is 12.4 Å². The Hall–Kier alpha value is -1.70. The first-order chi connectivity index (χ1) is 13.1. The fourth-order valence-corrected chi connectivity index (χ4v) is 4.23. The van der Waals surface area contributed by atoms with E-state index < -0.39 is 0 Å². The molecule has 9 heteroatoms. The average molecular weight is 430 g/mol. The molecule has 0 bridgehead atoms. The highest BCUT2D eigenvalue weighted by Gasteiger charge is 2.28. The summed E-state index contributed by atoms with van der Waals surface area (Å²) >= 11 is 6.20. The van der Waals surface area contributed by atoms with Crippen molar-refractivity contribution in [3.63, 3.8) is 0 Å². The van der Waals surface area contributed by atoms with Crippen LogP contribution in [-0.2, 0) is 4.79 Å². The number of nitrogens with zero attached hydrogens (tertiary/aromatic N) is 1. The molecule has 0 spiro atoms. The average Bonchev–Trinajstić information content (AvgIpc) is 3.37. The first-order valence-electron chi connectivity index (χ1n) is 9.51. The molecule has 4 rings (SSSR count). The summed E-state index contributed by atoms with van der Waals surface area (Å²) in [6, 6.07) is 3.25. The van der Waals surface area contributed by atoms with Crippen LogP contribution in [0.4, 0.5) is 0 Å². The zero-order chi connectivity index (χ0) is 18.8. The Balaban J connectivity index is 0.00000225. The molecule has 1 aromatic carbocycles. The van der Waals surface area contributed by atoms with Crippen LogP contribution >= 0.6 is 24.0 Å². The van der Waals surface area contributed by atoms with Crippen molar-refractivity contribution in [2.75, 3.05) is 33.0 Å². The number of hydrogen-bond donors (Lipinski definition) is 2. The summed E-state index contributed by atoms with van der Waals surface area (Å²) in [7, 11) is 0. The molecule has 2 saturated heterocycles. The number of benzene rings is 1. The summed E-state index contributed by atoms with van der Waals surface area (Å²) in [5.74, 6) is 1.27. The van der Waals surface area contributed by atoms with Gasteiger partial charge >= 0.3 is 0 Å². The van der Waals surface area contributed by atoms with Gasteiger partial charge in [0.25, 0.3) is 5.91 Å². The van der Waals surface area contributed by atoms with Gasteiger partial charge in [-0.25, -0.2) is 0 Å². The maximum absolute atomic E-state index is 12.9. The molecule has 1 aromatic rings. The van der Waals surface area contributed by atoms with Crippen molar-refractivity contribution in [3.8, 4) is 11.5 Å². The van der Waals surface area contributed by atoms with Crippen LogP contribution in [0.1, 0.15) is 36.0 Å². The van der Waals surface area contributed by atoms with Crippen LogP contribution in [0.15, 0.2) is 12.1 Å². The first-order valence-corrected chi connectivity index (χ1v) is 9.89. The van der Waals surface area contributed by atoms with Crippen LogP contribution in [0.5, 0.6) is 11.5 Å². The Bertz CT molecular complexity index is 740. The fourth-order valence-electron chi connectivity index (χ4n) is 3.97. The third-order valence-corrected chi connectivity index (χ3v) is 5.70. The molecule has 7 nitrogen and oxygen atoms in total. The lowest BCUT2D eigenvalue weighted by Gasteiger charge is -2.33. The van der Waals surface area contributed by atoms with Crippen LogP contribution in [-0.4, -0.2) is 55.7 Å². The van der Waals surface area contributed by atoms with Crippen LogP contribution in [0.2, 0.25) is 5.02 Å². The molecular weight excluding hydrogens is 405 g/mol.